The van der Waals surface area contributed by atoms with Crippen LogP contribution >= 0.6 is 0 Å². The normalized spacial score (nSPS) is 13.8. The van der Waals surface area contributed by atoms with E-state index in [9.17, 15) is 17.6 Å². The second kappa shape index (κ2) is 8.63. The lowest BCUT2D eigenvalue weighted by Gasteiger charge is -2.16. The van der Waals surface area contributed by atoms with Gasteiger partial charge in [-0.2, -0.15) is 0 Å². The number of nitrogens with one attached hydrogen (secondary N) is 2. The number of aryl methyl sites for hydroxylation is 2. The first-order valence-corrected chi connectivity index (χ1v) is 10.5. The van der Waals surface area contributed by atoms with Gasteiger partial charge >= 0.3 is 0 Å². The van der Waals surface area contributed by atoms with Gasteiger partial charge in [0.25, 0.3) is 0 Å². The summed E-state index contributed by atoms with van der Waals surface area (Å²) in [5.41, 5.74) is 3.04. The van der Waals surface area contributed by atoms with E-state index in [4.69, 9.17) is 0 Å². The Morgan fingerprint density at radius 3 is 2.41 bits per heavy atom. The van der Waals surface area contributed by atoms with Crippen molar-refractivity contribution in [1.82, 2.24) is 10.0 Å². The molecule has 2 aromatic carbocycles. The van der Waals surface area contributed by atoms with Crippen molar-refractivity contribution in [3.05, 3.63) is 65.0 Å². The molecule has 0 aromatic heterocycles. The summed E-state index contributed by atoms with van der Waals surface area (Å²) in [4.78, 5) is 12.1. The van der Waals surface area contributed by atoms with Crippen LogP contribution in [0.15, 0.2) is 47.4 Å². The van der Waals surface area contributed by atoms with Gasteiger partial charge < -0.3 is 5.32 Å². The first kappa shape index (κ1) is 19.5. The topological polar surface area (TPSA) is 75.3 Å². The van der Waals surface area contributed by atoms with Crippen molar-refractivity contribution >= 4 is 15.9 Å². The van der Waals surface area contributed by atoms with Crippen LogP contribution in [0.5, 0.6) is 0 Å². The number of carbonyl (C=O) groups is 1. The molecule has 144 valence electrons. The fourth-order valence-corrected chi connectivity index (χ4v) is 4.28. The van der Waals surface area contributed by atoms with Crippen molar-refractivity contribution in [3.8, 4) is 0 Å². The maximum Gasteiger partial charge on any atom is 0.240 e. The summed E-state index contributed by atoms with van der Waals surface area (Å²) < 4.78 is 40.2. The summed E-state index contributed by atoms with van der Waals surface area (Å²) >= 11 is 0. The lowest BCUT2D eigenvalue weighted by Crippen LogP contribution is -2.35. The van der Waals surface area contributed by atoms with Gasteiger partial charge in [0.15, 0.2) is 0 Å². The van der Waals surface area contributed by atoms with Gasteiger partial charge in [0.2, 0.25) is 15.9 Å². The van der Waals surface area contributed by atoms with Gasteiger partial charge in [-0.15, -0.1) is 0 Å². The van der Waals surface area contributed by atoms with Crippen molar-refractivity contribution in [2.45, 2.75) is 37.0 Å². The molecule has 2 aromatic rings. The van der Waals surface area contributed by atoms with Gasteiger partial charge in [0, 0.05) is 13.1 Å². The van der Waals surface area contributed by atoms with Crippen LogP contribution in [0.4, 0.5) is 4.39 Å². The maximum atomic E-state index is 12.9. The van der Waals surface area contributed by atoms with E-state index in [0.29, 0.717) is 5.56 Å². The van der Waals surface area contributed by atoms with E-state index in [1.54, 1.807) is 24.3 Å². The van der Waals surface area contributed by atoms with Gasteiger partial charge in [-0.05, 0) is 66.6 Å². The molecule has 1 aliphatic carbocycles. The minimum absolute atomic E-state index is 0.106. The molecule has 0 atom stereocenters. The van der Waals surface area contributed by atoms with E-state index < -0.39 is 10.0 Å². The van der Waals surface area contributed by atoms with Crippen molar-refractivity contribution < 1.29 is 17.6 Å². The number of fused-ring (bicyclic) bond motifs is 1. The molecule has 0 bridgehead atoms. The number of amides is 1. The van der Waals surface area contributed by atoms with Crippen molar-refractivity contribution in [2.75, 3.05) is 13.1 Å². The van der Waals surface area contributed by atoms with Crippen molar-refractivity contribution in [3.63, 3.8) is 0 Å². The highest BCUT2D eigenvalue weighted by molar-refractivity contribution is 7.89. The molecule has 1 aliphatic rings. The maximum absolute atomic E-state index is 12.9. The molecule has 2 N–H and O–H groups in total. The van der Waals surface area contributed by atoms with Crippen LogP contribution in [0.1, 0.15) is 29.5 Å². The summed E-state index contributed by atoms with van der Waals surface area (Å²) in [5, 5.41) is 2.66. The van der Waals surface area contributed by atoms with E-state index >= 15 is 0 Å². The van der Waals surface area contributed by atoms with Crippen LogP contribution in [-0.2, 0) is 34.1 Å². The molecule has 0 saturated carbocycles. The fourth-order valence-electron chi connectivity index (χ4n) is 3.20. The number of hydrogen-bond donors (Lipinski definition) is 2. The summed E-state index contributed by atoms with van der Waals surface area (Å²) in [6, 6.07) is 11.0. The summed E-state index contributed by atoms with van der Waals surface area (Å²) in [6.45, 7) is 0.290. The minimum atomic E-state index is -3.60. The number of halogens is 1. The molecule has 0 fully saturated rings. The van der Waals surface area contributed by atoms with Crippen molar-refractivity contribution in [1.29, 1.82) is 0 Å². The third-order valence-electron chi connectivity index (χ3n) is 4.65. The molecule has 7 heteroatoms. The molecule has 0 saturated heterocycles. The van der Waals surface area contributed by atoms with E-state index in [1.165, 1.54) is 17.7 Å². The smallest absolute Gasteiger partial charge is 0.240 e. The van der Waals surface area contributed by atoms with Crippen LogP contribution in [0.2, 0.25) is 0 Å². The van der Waals surface area contributed by atoms with E-state index in [1.807, 2.05) is 6.07 Å². The third kappa shape index (κ3) is 5.37. The van der Waals surface area contributed by atoms with Crippen LogP contribution in [0.3, 0.4) is 0 Å². The standard InChI is InChI=1S/C20H23FN2O3S/c21-18-8-5-15(6-9-18)13-20(24)22-11-12-23-27(25,26)19-10-7-16-3-1-2-4-17(16)14-19/h5-10,14,23H,1-4,11-13H2,(H,22,24). The largest absolute Gasteiger partial charge is 0.355 e. The van der Waals surface area contributed by atoms with Crippen molar-refractivity contribution in [2.24, 2.45) is 0 Å². The number of rotatable bonds is 7. The van der Waals surface area contributed by atoms with Crippen LogP contribution < -0.4 is 10.0 Å². The molecule has 5 nitrogen and oxygen atoms in total. The quantitative estimate of drug-likeness (QED) is 0.713. The molecule has 0 aliphatic heterocycles. The lowest BCUT2D eigenvalue weighted by molar-refractivity contribution is -0.120. The molecule has 0 radical (unpaired) electrons. The summed E-state index contributed by atoms with van der Waals surface area (Å²) in [6.07, 6.45) is 4.28. The Bertz CT molecular complexity index is 911. The Hall–Kier alpha value is -2.25. The average molecular weight is 390 g/mol. The zero-order valence-corrected chi connectivity index (χ0v) is 15.8. The summed E-state index contributed by atoms with van der Waals surface area (Å²) in [5.74, 6) is -0.592. The Morgan fingerprint density at radius 2 is 1.67 bits per heavy atom. The SMILES string of the molecule is O=C(Cc1ccc(F)cc1)NCCNS(=O)(=O)c1ccc2c(c1)CCCC2. The molecule has 0 heterocycles. The number of benzene rings is 2. The highest BCUT2D eigenvalue weighted by Crippen LogP contribution is 2.23. The number of carbonyl (C=O) groups excluding carboxylic acids is 1. The zero-order chi connectivity index (χ0) is 19.3. The molecular formula is C20H23FN2O3S. The van der Waals surface area contributed by atoms with Gasteiger partial charge in [0.1, 0.15) is 5.82 Å². The fraction of sp³-hybridized carbons (Fsp3) is 0.350. The summed E-state index contributed by atoms with van der Waals surface area (Å²) in [7, 11) is -3.60. The second-order valence-corrected chi connectivity index (χ2v) is 8.46. The van der Waals surface area contributed by atoms with Crippen LogP contribution in [0.25, 0.3) is 0 Å². The molecule has 0 spiro atoms. The second-order valence-electron chi connectivity index (χ2n) is 6.69. The lowest BCUT2D eigenvalue weighted by atomic mass is 9.92. The van der Waals surface area contributed by atoms with E-state index in [2.05, 4.69) is 10.0 Å². The predicted octanol–water partition coefficient (Wildman–Crippen LogP) is 2.34. The monoisotopic (exact) mass is 390 g/mol. The molecule has 1 amide bonds. The van der Waals surface area contributed by atoms with E-state index in [-0.39, 0.29) is 36.1 Å². The highest BCUT2D eigenvalue weighted by Gasteiger charge is 2.17. The average Bonchev–Trinajstić information content (AvgIpc) is 2.67. The highest BCUT2D eigenvalue weighted by atomic mass is 32.2. The Morgan fingerprint density at radius 1 is 0.963 bits per heavy atom. The predicted molar refractivity (Wildman–Crippen MR) is 101 cm³/mol. The molecule has 27 heavy (non-hydrogen) atoms. The first-order valence-electron chi connectivity index (χ1n) is 9.07. The van der Waals surface area contributed by atoms with Gasteiger partial charge in [-0.1, -0.05) is 18.2 Å². The molecular weight excluding hydrogens is 367 g/mol. The zero-order valence-electron chi connectivity index (χ0n) is 15.0. The Kier molecular flexibility index (Phi) is 6.23. The number of hydrogen-bond acceptors (Lipinski definition) is 3. The van der Waals surface area contributed by atoms with Gasteiger partial charge in [-0.25, -0.2) is 17.5 Å². The van der Waals surface area contributed by atoms with Gasteiger partial charge in [0.05, 0.1) is 11.3 Å². The molecule has 0 unspecified atom stereocenters. The van der Waals surface area contributed by atoms with Crippen LogP contribution in [-0.4, -0.2) is 27.4 Å². The molecule has 3 rings (SSSR count). The Balaban J connectivity index is 1.47. The van der Waals surface area contributed by atoms with Crippen LogP contribution in [0, 0.1) is 5.82 Å². The minimum Gasteiger partial charge on any atom is -0.355 e. The van der Waals surface area contributed by atoms with E-state index in [0.717, 1.165) is 31.2 Å². The third-order valence-corrected chi connectivity index (χ3v) is 6.11. The first-order chi connectivity index (χ1) is 12.9. The number of sulfonamides is 1. The van der Waals surface area contributed by atoms with Gasteiger partial charge in [-0.3, -0.25) is 4.79 Å². The Labute approximate surface area is 159 Å².